The van der Waals surface area contributed by atoms with E-state index in [0.29, 0.717) is 12.5 Å². The second-order valence-corrected chi connectivity index (χ2v) is 4.59. The molecule has 5 heteroatoms. The minimum atomic E-state index is 0.602. The Hall–Kier alpha value is -1.26. The number of benzene rings is 1. The summed E-state index contributed by atoms with van der Waals surface area (Å²) in [6, 6.07) is 7.82. The molecule has 0 bridgehead atoms. The minimum Gasteiger partial charge on any atom is -0.378 e. The molecule has 0 aliphatic carbocycles. The summed E-state index contributed by atoms with van der Waals surface area (Å²) < 4.78 is 5.27. The van der Waals surface area contributed by atoms with Crippen LogP contribution in [0.15, 0.2) is 29.3 Å². The van der Waals surface area contributed by atoms with Crippen molar-refractivity contribution in [3.05, 3.63) is 34.9 Å². The van der Waals surface area contributed by atoms with Gasteiger partial charge in [0.05, 0.1) is 13.2 Å². The summed E-state index contributed by atoms with van der Waals surface area (Å²) in [7, 11) is 0. The number of guanidine groups is 1. The van der Waals surface area contributed by atoms with Crippen LogP contribution in [0.5, 0.6) is 0 Å². The van der Waals surface area contributed by atoms with E-state index in [0.717, 1.165) is 43.3 Å². The molecular weight excluding hydrogens is 250 g/mol. The van der Waals surface area contributed by atoms with Gasteiger partial charge in [-0.25, -0.2) is 0 Å². The van der Waals surface area contributed by atoms with Gasteiger partial charge in [0.1, 0.15) is 0 Å². The lowest BCUT2D eigenvalue weighted by Crippen LogP contribution is -2.44. The summed E-state index contributed by atoms with van der Waals surface area (Å²) in [5, 5.41) is 0.789. The molecule has 1 aromatic rings. The van der Waals surface area contributed by atoms with Crippen molar-refractivity contribution in [1.29, 1.82) is 0 Å². The van der Waals surface area contributed by atoms with Crippen LogP contribution in [0.4, 0.5) is 0 Å². The van der Waals surface area contributed by atoms with E-state index in [1.807, 2.05) is 24.3 Å². The fraction of sp³-hybridized carbons (Fsp3) is 0.462. The van der Waals surface area contributed by atoms with Gasteiger partial charge in [0, 0.05) is 24.7 Å². The highest BCUT2D eigenvalue weighted by atomic mass is 35.5. The third kappa shape index (κ3) is 3.62. The molecule has 1 aromatic carbocycles. The molecule has 0 aromatic heterocycles. The molecule has 0 spiro atoms. The fourth-order valence-corrected chi connectivity index (χ4v) is 2.11. The third-order valence-corrected chi connectivity index (χ3v) is 3.32. The van der Waals surface area contributed by atoms with Gasteiger partial charge in [-0.1, -0.05) is 29.8 Å². The van der Waals surface area contributed by atoms with E-state index in [-0.39, 0.29) is 0 Å². The zero-order chi connectivity index (χ0) is 12.8. The van der Waals surface area contributed by atoms with E-state index in [2.05, 4.69) is 9.89 Å². The van der Waals surface area contributed by atoms with Gasteiger partial charge in [-0.05, 0) is 18.1 Å². The van der Waals surface area contributed by atoms with Gasteiger partial charge < -0.3 is 15.4 Å². The molecule has 0 radical (unpaired) electrons. The van der Waals surface area contributed by atoms with Gasteiger partial charge in [0.15, 0.2) is 5.96 Å². The molecule has 98 valence electrons. The van der Waals surface area contributed by atoms with Crippen molar-refractivity contribution in [1.82, 2.24) is 4.90 Å². The summed E-state index contributed by atoms with van der Waals surface area (Å²) in [5.74, 6) is 0.602. The molecule has 1 aliphatic heterocycles. The predicted molar refractivity (Wildman–Crippen MR) is 74.0 cm³/mol. The first-order chi connectivity index (χ1) is 8.77. The van der Waals surface area contributed by atoms with Crippen LogP contribution in [-0.2, 0) is 11.2 Å². The Morgan fingerprint density at radius 1 is 1.33 bits per heavy atom. The number of hydrogen-bond donors (Lipinski definition) is 1. The molecule has 1 saturated heterocycles. The van der Waals surface area contributed by atoms with Crippen molar-refractivity contribution in [2.75, 3.05) is 32.8 Å². The molecule has 18 heavy (non-hydrogen) atoms. The summed E-state index contributed by atoms with van der Waals surface area (Å²) >= 11 is 6.08. The van der Waals surface area contributed by atoms with E-state index in [1.54, 1.807) is 0 Å². The molecular formula is C13H18ClN3O. The zero-order valence-electron chi connectivity index (χ0n) is 10.3. The Balaban J connectivity index is 1.85. The van der Waals surface area contributed by atoms with Gasteiger partial charge in [0.25, 0.3) is 0 Å². The van der Waals surface area contributed by atoms with Gasteiger partial charge in [-0.2, -0.15) is 0 Å². The van der Waals surface area contributed by atoms with Gasteiger partial charge in [-0.15, -0.1) is 0 Å². The molecule has 1 heterocycles. The topological polar surface area (TPSA) is 50.8 Å². The Kier molecular flexibility index (Phi) is 4.84. The highest BCUT2D eigenvalue weighted by Gasteiger charge is 2.11. The maximum Gasteiger partial charge on any atom is 0.191 e. The van der Waals surface area contributed by atoms with Crippen LogP contribution < -0.4 is 5.73 Å². The summed E-state index contributed by atoms with van der Waals surface area (Å²) in [5.41, 5.74) is 7.05. The molecule has 0 atom stereocenters. The van der Waals surface area contributed by atoms with Crippen LogP contribution in [0.25, 0.3) is 0 Å². The van der Waals surface area contributed by atoms with Crippen LogP contribution >= 0.6 is 11.6 Å². The van der Waals surface area contributed by atoms with Crippen molar-refractivity contribution >= 4 is 17.6 Å². The number of halogens is 1. The van der Waals surface area contributed by atoms with E-state index in [4.69, 9.17) is 22.1 Å². The molecule has 0 amide bonds. The largest absolute Gasteiger partial charge is 0.378 e. The molecule has 0 saturated carbocycles. The lowest BCUT2D eigenvalue weighted by atomic mass is 10.1. The first-order valence-corrected chi connectivity index (χ1v) is 6.51. The Morgan fingerprint density at radius 3 is 2.78 bits per heavy atom. The first kappa shape index (κ1) is 13.2. The first-order valence-electron chi connectivity index (χ1n) is 6.13. The lowest BCUT2D eigenvalue weighted by Gasteiger charge is -2.27. The standard InChI is InChI=1S/C13H18ClN3O/c14-12-4-2-1-3-11(12)5-6-16-13(15)17-7-9-18-10-8-17/h1-4H,5-10H2,(H2,15,16). The number of rotatable bonds is 3. The second-order valence-electron chi connectivity index (χ2n) is 4.18. The minimum absolute atomic E-state index is 0.602. The quantitative estimate of drug-likeness (QED) is 0.668. The van der Waals surface area contributed by atoms with Gasteiger partial charge >= 0.3 is 0 Å². The van der Waals surface area contributed by atoms with Crippen LogP contribution in [0.2, 0.25) is 5.02 Å². The van der Waals surface area contributed by atoms with Crippen molar-refractivity contribution in [3.63, 3.8) is 0 Å². The van der Waals surface area contributed by atoms with E-state index in [1.165, 1.54) is 0 Å². The monoisotopic (exact) mass is 267 g/mol. The van der Waals surface area contributed by atoms with Crippen molar-refractivity contribution in [2.45, 2.75) is 6.42 Å². The zero-order valence-corrected chi connectivity index (χ0v) is 11.1. The maximum absolute atomic E-state index is 6.08. The molecule has 4 nitrogen and oxygen atoms in total. The smallest absolute Gasteiger partial charge is 0.191 e. The highest BCUT2D eigenvalue weighted by molar-refractivity contribution is 6.31. The second kappa shape index (κ2) is 6.61. The normalized spacial score (nSPS) is 16.9. The molecule has 2 N–H and O–H groups in total. The van der Waals surface area contributed by atoms with Crippen molar-refractivity contribution in [3.8, 4) is 0 Å². The number of hydrogen-bond acceptors (Lipinski definition) is 2. The SMILES string of the molecule is NC(=NCCc1ccccc1Cl)N1CCOCC1. The van der Waals surface area contributed by atoms with Crippen LogP contribution in [-0.4, -0.2) is 43.7 Å². The van der Waals surface area contributed by atoms with Crippen LogP contribution in [0.3, 0.4) is 0 Å². The van der Waals surface area contributed by atoms with E-state index in [9.17, 15) is 0 Å². The number of nitrogens with zero attached hydrogens (tertiary/aromatic N) is 2. The maximum atomic E-state index is 6.08. The number of morpholine rings is 1. The average Bonchev–Trinajstić information content (AvgIpc) is 2.42. The average molecular weight is 268 g/mol. The molecule has 1 fully saturated rings. The lowest BCUT2D eigenvalue weighted by molar-refractivity contribution is 0.0674. The summed E-state index contributed by atoms with van der Waals surface area (Å²) in [6.07, 6.45) is 0.810. The molecule has 2 rings (SSSR count). The fourth-order valence-electron chi connectivity index (χ4n) is 1.88. The molecule has 0 unspecified atom stereocenters. The van der Waals surface area contributed by atoms with E-state index < -0.39 is 0 Å². The van der Waals surface area contributed by atoms with Crippen LogP contribution in [0, 0.1) is 0 Å². The summed E-state index contributed by atoms with van der Waals surface area (Å²) in [6.45, 7) is 3.75. The van der Waals surface area contributed by atoms with Crippen molar-refractivity contribution < 1.29 is 4.74 Å². The van der Waals surface area contributed by atoms with Crippen molar-refractivity contribution in [2.24, 2.45) is 10.7 Å². The van der Waals surface area contributed by atoms with Gasteiger partial charge in [0.2, 0.25) is 0 Å². The van der Waals surface area contributed by atoms with E-state index >= 15 is 0 Å². The number of aliphatic imine (C=N–C) groups is 1. The third-order valence-electron chi connectivity index (χ3n) is 2.95. The summed E-state index contributed by atoms with van der Waals surface area (Å²) in [4.78, 5) is 6.44. The Labute approximate surface area is 112 Å². The van der Waals surface area contributed by atoms with Crippen LogP contribution in [0.1, 0.15) is 5.56 Å². The highest BCUT2D eigenvalue weighted by Crippen LogP contribution is 2.15. The number of nitrogens with two attached hydrogens (primary N) is 1. The molecule has 1 aliphatic rings. The predicted octanol–water partition coefficient (Wildman–Crippen LogP) is 1.53. The number of ether oxygens (including phenoxy) is 1. The Bertz CT molecular complexity index is 416. The van der Waals surface area contributed by atoms with Gasteiger partial charge in [-0.3, -0.25) is 4.99 Å². The Morgan fingerprint density at radius 2 is 2.06 bits per heavy atom.